The molecule has 1 amide bonds. The van der Waals surface area contributed by atoms with Gasteiger partial charge in [0, 0.05) is 6.04 Å². The van der Waals surface area contributed by atoms with Gasteiger partial charge < -0.3 is 5.32 Å². The van der Waals surface area contributed by atoms with Crippen molar-refractivity contribution in [2.24, 2.45) is 0 Å². The van der Waals surface area contributed by atoms with Gasteiger partial charge in [-0.1, -0.05) is 30.3 Å². The topological polar surface area (TPSA) is 29.1 Å². The van der Waals surface area contributed by atoms with Gasteiger partial charge in [-0.2, -0.15) is 0 Å². The number of carbonyl (C=O) groups is 1. The highest BCUT2D eigenvalue weighted by Crippen LogP contribution is 2.48. The lowest BCUT2D eigenvalue weighted by atomic mass is 9.90. The number of amides is 1. The Bertz CT molecular complexity index is 390. The van der Waals surface area contributed by atoms with Gasteiger partial charge in [0.15, 0.2) is 0 Å². The van der Waals surface area contributed by atoms with Gasteiger partial charge in [-0.25, -0.2) is 0 Å². The molecule has 1 aromatic carbocycles. The van der Waals surface area contributed by atoms with Crippen LogP contribution in [0.2, 0.25) is 0 Å². The van der Waals surface area contributed by atoms with Gasteiger partial charge in [0.05, 0.1) is 5.41 Å². The molecule has 0 saturated heterocycles. The number of hydrogen-bond donors (Lipinski definition) is 1. The molecule has 2 aliphatic rings. The highest BCUT2D eigenvalue weighted by atomic mass is 16.2. The largest absolute Gasteiger partial charge is 0.353 e. The summed E-state index contributed by atoms with van der Waals surface area (Å²) in [5.74, 6) is 0.253. The molecule has 16 heavy (non-hydrogen) atoms. The zero-order valence-corrected chi connectivity index (χ0v) is 9.41. The van der Waals surface area contributed by atoms with Crippen molar-refractivity contribution in [2.45, 2.75) is 43.6 Å². The molecule has 0 unspecified atom stereocenters. The maximum Gasteiger partial charge on any atom is 0.230 e. The van der Waals surface area contributed by atoms with E-state index in [4.69, 9.17) is 0 Å². The molecule has 3 rings (SSSR count). The molecule has 0 aliphatic heterocycles. The Morgan fingerprint density at radius 1 is 1.19 bits per heavy atom. The molecule has 2 fully saturated rings. The first-order valence-corrected chi connectivity index (χ1v) is 6.18. The number of nitrogens with one attached hydrogen (secondary N) is 1. The highest BCUT2D eigenvalue weighted by Gasteiger charge is 2.51. The molecule has 84 valence electrons. The monoisotopic (exact) mass is 215 g/mol. The van der Waals surface area contributed by atoms with Crippen LogP contribution in [0.3, 0.4) is 0 Å². The summed E-state index contributed by atoms with van der Waals surface area (Å²) >= 11 is 0. The molecule has 2 heteroatoms. The normalized spacial score (nSPS) is 22.2. The third-order valence-corrected chi connectivity index (χ3v) is 3.95. The predicted molar refractivity (Wildman–Crippen MR) is 63.1 cm³/mol. The molecule has 2 saturated carbocycles. The average molecular weight is 215 g/mol. The van der Waals surface area contributed by atoms with Crippen molar-refractivity contribution in [2.75, 3.05) is 0 Å². The van der Waals surface area contributed by atoms with E-state index in [2.05, 4.69) is 17.4 Å². The van der Waals surface area contributed by atoms with Crippen LogP contribution >= 0.6 is 0 Å². The van der Waals surface area contributed by atoms with Crippen molar-refractivity contribution < 1.29 is 4.79 Å². The fraction of sp³-hybridized carbons (Fsp3) is 0.500. The Morgan fingerprint density at radius 2 is 1.88 bits per heavy atom. The highest BCUT2D eigenvalue weighted by molar-refractivity contribution is 5.91. The third kappa shape index (κ3) is 1.53. The second-order valence-corrected chi connectivity index (χ2v) is 5.05. The first-order chi connectivity index (χ1) is 7.81. The van der Waals surface area contributed by atoms with Crippen molar-refractivity contribution in [3.05, 3.63) is 35.9 Å². The quantitative estimate of drug-likeness (QED) is 0.824. The van der Waals surface area contributed by atoms with Crippen LogP contribution in [0, 0.1) is 0 Å². The number of carbonyl (C=O) groups excluding carboxylic acids is 1. The molecule has 0 radical (unpaired) electrons. The maximum atomic E-state index is 12.2. The zero-order valence-electron chi connectivity index (χ0n) is 9.41. The molecule has 2 aliphatic carbocycles. The van der Waals surface area contributed by atoms with Gasteiger partial charge in [-0.05, 0) is 37.7 Å². The zero-order chi connectivity index (χ0) is 11.0. The van der Waals surface area contributed by atoms with Gasteiger partial charge in [-0.3, -0.25) is 4.79 Å². The number of hydrogen-bond acceptors (Lipinski definition) is 1. The molecule has 0 aromatic heterocycles. The van der Waals surface area contributed by atoms with Crippen LogP contribution < -0.4 is 5.32 Å². The van der Waals surface area contributed by atoms with E-state index in [1.807, 2.05) is 18.2 Å². The van der Waals surface area contributed by atoms with Crippen molar-refractivity contribution in [1.82, 2.24) is 5.32 Å². The van der Waals surface area contributed by atoms with Crippen LogP contribution in [0.25, 0.3) is 0 Å². The Kier molecular flexibility index (Phi) is 2.23. The van der Waals surface area contributed by atoms with Crippen LogP contribution in [0.15, 0.2) is 30.3 Å². The van der Waals surface area contributed by atoms with Crippen LogP contribution in [0.5, 0.6) is 0 Å². The second-order valence-electron chi connectivity index (χ2n) is 5.05. The summed E-state index contributed by atoms with van der Waals surface area (Å²) in [5, 5.41) is 3.18. The van der Waals surface area contributed by atoms with E-state index in [1.165, 1.54) is 12.0 Å². The Labute approximate surface area is 96.1 Å². The summed E-state index contributed by atoms with van der Waals surface area (Å²) in [6.07, 6.45) is 5.61. The molecule has 0 spiro atoms. The first-order valence-electron chi connectivity index (χ1n) is 6.18. The smallest absolute Gasteiger partial charge is 0.230 e. The maximum absolute atomic E-state index is 12.2. The summed E-state index contributed by atoms with van der Waals surface area (Å²) in [7, 11) is 0. The van der Waals surface area contributed by atoms with E-state index in [-0.39, 0.29) is 11.3 Å². The van der Waals surface area contributed by atoms with E-state index in [0.717, 1.165) is 25.7 Å². The van der Waals surface area contributed by atoms with Crippen LogP contribution in [0.4, 0.5) is 0 Å². The van der Waals surface area contributed by atoms with Gasteiger partial charge in [0.25, 0.3) is 0 Å². The lowest BCUT2D eigenvalue weighted by Gasteiger charge is -2.28. The fourth-order valence-corrected chi connectivity index (χ4v) is 2.41. The van der Waals surface area contributed by atoms with Crippen LogP contribution in [0.1, 0.15) is 37.7 Å². The Morgan fingerprint density at radius 3 is 2.38 bits per heavy atom. The van der Waals surface area contributed by atoms with Gasteiger partial charge in [0.2, 0.25) is 5.91 Å². The average Bonchev–Trinajstić information content (AvgIpc) is 3.06. The number of benzene rings is 1. The predicted octanol–water partition coefficient (Wildman–Crippen LogP) is 2.39. The van der Waals surface area contributed by atoms with E-state index in [1.54, 1.807) is 0 Å². The van der Waals surface area contributed by atoms with E-state index >= 15 is 0 Å². The van der Waals surface area contributed by atoms with Gasteiger partial charge >= 0.3 is 0 Å². The van der Waals surface area contributed by atoms with Crippen molar-refractivity contribution in [3.8, 4) is 0 Å². The molecule has 0 bridgehead atoms. The molecule has 1 N–H and O–H groups in total. The fourth-order valence-electron chi connectivity index (χ4n) is 2.41. The van der Waals surface area contributed by atoms with Gasteiger partial charge in [0.1, 0.15) is 0 Å². The molecular formula is C14H17NO. The lowest BCUT2D eigenvalue weighted by Crippen LogP contribution is -2.44. The standard InChI is InChI=1S/C14H17NO/c16-13(15-12-7-4-8-12)14(9-10-14)11-5-2-1-3-6-11/h1-3,5-6,12H,4,7-10H2,(H,15,16). The summed E-state index contributed by atoms with van der Waals surface area (Å²) in [5.41, 5.74) is 1.00. The summed E-state index contributed by atoms with van der Waals surface area (Å²) < 4.78 is 0. The SMILES string of the molecule is O=C(NC1CCC1)C1(c2ccccc2)CC1. The van der Waals surface area contributed by atoms with E-state index in [9.17, 15) is 4.79 Å². The Hall–Kier alpha value is -1.31. The lowest BCUT2D eigenvalue weighted by molar-refractivity contribution is -0.124. The van der Waals surface area contributed by atoms with Gasteiger partial charge in [-0.15, -0.1) is 0 Å². The van der Waals surface area contributed by atoms with Crippen molar-refractivity contribution in [3.63, 3.8) is 0 Å². The van der Waals surface area contributed by atoms with Crippen molar-refractivity contribution >= 4 is 5.91 Å². The van der Waals surface area contributed by atoms with Crippen molar-refractivity contribution in [1.29, 1.82) is 0 Å². The van der Waals surface area contributed by atoms with Crippen LogP contribution in [-0.4, -0.2) is 11.9 Å². The minimum Gasteiger partial charge on any atom is -0.353 e. The summed E-state index contributed by atoms with van der Waals surface area (Å²) in [4.78, 5) is 12.2. The second kappa shape index (κ2) is 3.62. The minimum atomic E-state index is -0.184. The molecule has 1 aromatic rings. The number of rotatable bonds is 3. The molecule has 0 heterocycles. The third-order valence-electron chi connectivity index (χ3n) is 3.95. The minimum absolute atomic E-state index is 0.184. The Balaban J connectivity index is 1.75. The molecular weight excluding hydrogens is 198 g/mol. The van der Waals surface area contributed by atoms with Crippen LogP contribution in [-0.2, 0) is 10.2 Å². The molecule has 0 atom stereocenters. The summed E-state index contributed by atoms with van der Waals surface area (Å²) in [6, 6.07) is 10.6. The first kappa shape index (κ1) is 9.88. The summed E-state index contributed by atoms with van der Waals surface area (Å²) in [6.45, 7) is 0. The molecule has 2 nitrogen and oxygen atoms in total. The van der Waals surface area contributed by atoms with E-state index < -0.39 is 0 Å². The van der Waals surface area contributed by atoms with E-state index in [0.29, 0.717) is 6.04 Å².